The molecular formula is C22H25ClN4O3S. The predicted molar refractivity (Wildman–Crippen MR) is 122 cm³/mol. The third kappa shape index (κ3) is 4.01. The van der Waals surface area contributed by atoms with Gasteiger partial charge in [-0.15, -0.1) is 0 Å². The molecule has 0 N–H and O–H groups in total. The second-order valence-corrected chi connectivity index (χ2v) is 10.3. The second-order valence-electron chi connectivity index (χ2n) is 7.94. The third-order valence-corrected chi connectivity index (χ3v) is 8.21. The Balaban J connectivity index is 1.60. The topological polar surface area (TPSA) is 75.5 Å². The zero-order chi connectivity index (χ0) is 22.3. The van der Waals surface area contributed by atoms with Gasteiger partial charge in [-0.05, 0) is 44.2 Å². The number of piperazine rings is 1. The van der Waals surface area contributed by atoms with Crippen LogP contribution in [0, 0.1) is 0 Å². The molecule has 0 spiro atoms. The molecule has 0 bridgehead atoms. The van der Waals surface area contributed by atoms with E-state index in [0.29, 0.717) is 46.3 Å². The van der Waals surface area contributed by atoms with E-state index >= 15 is 0 Å². The maximum atomic E-state index is 13.1. The van der Waals surface area contributed by atoms with Gasteiger partial charge in [0.25, 0.3) is 5.56 Å². The van der Waals surface area contributed by atoms with Crippen molar-refractivity contribution in [3.63, 3.8) is 0 Å². The van der Waals surface area contributed by atoms with Crippen LogP contribution in [0.2, 0.25) is 5.02 Å². The SMILES string of the molecule is CC(c1nc2cc(Cl)ccc2c(=O)n1C)N1CCN(S(=O)(=O)c2ccccc2)C(C)C1. The lowest BCUT2D eigenvalue weighted by Crippen LogP contribution is -2.54. The van der Waals surface area contributed by atoms with Crippen molar-refractivity contribution in [1.82, 2.24) is 18.8 Å². The summed E-state index contributed by atoms with van der Waals surface area (Å²) in [6, 6.07) is 13.2. The number of hydrogen-bond donors (Lipinski definition) is 0. The minimum atomic E-state index is -3.55. The zero-order valence-electron chi connectivity index (χ0n) is 17.7. The molecule has 0 saturated carbocycles. The van der Waals surface area contributed by atoms with Crippen molar-refractivity contribution >= 4 is 32.5 Å². The second kappa shape index (κ2) is 8.35. The fourth-order valence-electron chi connectivity index (χ4n) is 4.20. The number of fused-ring (bicyclic) bond motifs is 1. The number of aromatic nitrogens is 2. The highest BCUT2D eigenvalue weighted by Gasteiger charge is 2.36. The van der Waals surface area contributed by atoms with Crippen molar-refractivity contribution in [2.24, 2.45) is 7.05 Å². The normalized spacial score (nSPS) is 19.5. The number of hydrogen-bond acceptors (Lipinski definition) is 5. The summed E-state index contributed by atoms with van der Waals surface area (Å²) < 4.78 is 29.2. The van der Waals surface area contributed by atoms with E-state index in [-0.39, 0.29) is 17.6 Å². The molecular weight excluding hydrogens is 436 g/mol. The van der Waals surface area contributed by atoms with E-state index < -0.39 is 10.0 Å². The monoisotopic (exact) mass is 460 g/mol. The fraction of sp³-hybridized carbons (Fsp3) is 0.364. The van der Waals surface area contributed by atoms with Gasteiger partial charge in [0.1, 0.15) is 5.82 Å². The van der Waals surface area contributed by atoms with E-state index in [0.717, 1.165) is 0 Å². The van der Waals surface area contributed by atoms with E-state index in [9.17, 15) is 13.2 Å². The molecule has 2 heterocycles. The maximum Gasteiger partial charge on any atom is 0.261 e. The predicted octanol–water partition coefficient (Wildman–Crippen LogP) is 3.04. The van der Waals surface area contributed by atoms with Gasteiger partial charge in [0.15, 0.2) is 0 Å². The lowest BCUT2D eigenvalue weighted by atomic mass is 10.1. The highest BCUT2D eigenvalue weighted by Crippen LogP contribution is 2.27. The van der Waals surface area contributed by atoms with Gasteiger partial charge in [-0.2, -0.15) is 4.31 Å². The first-order chi connectivity index (χ1) is 14.7. The summed E-state index contributed by atoms with van der Waals surface area (Å²) in [6.07, 6.45) is 0. The molecule has 2 unspecified atom stereocenters. The highest BCUT2D eigenvalue weighted by molar-refractivity contribution is 7.89. The van der Waals surface area contributed by atoms with Crippen LogP contribution < -0.4 is 5.56 Å². The van der Waals surface area contributed by atoms with E-state index in [1.54, 1.807) is 64.5 Å². The van der Waals surface area contributed by atoms with E-state index in [2.05, 4.69) is 4.90 Å². The lowest BCUT2D eigenvalue weighted by molar-refractivity contribution is 0.104. The molecule has 164 valence electrons. The van der Waals surface area contributed by atoms with Gasteiger partial charge in [0.2, 0.25) is 10.0 Å². The average Bonchev–Trinajstić information content (AvgIpc) is 2.76. The molecule has 9 heteroatoms. The summed E-state index contributed by atoms with van der Waals surface area (Å²) in [5.74, 6) is 0.631. The summed E-state index contributed by atoms with van der Waals surface area (Å²) in [4.78, 5) is 20.0. The van der Waals surface area contributed by atoms with Gasteiger partial charge in [0.05, 0.1) is 21.8 Å². The number of rotatable bonds is 4. The van der Waals surface area contributed by atoms with Crippen molar-refractivity contribution in [3.05, 3.63) is 69.7 Å². The molecule has 0 aliphatic carbocycles. The van der Waals surface area contributed by atoms with E-state index in [4.69, 9.17) is 16.6 Å². The van der Waals surface area contributed by atoms with Gasteiger partial charge < -0.3 is 0 Å². The van der Waals surface area contributed by atoms with Crippen molar-refractivity contribution in [2.75, 3.05) is 19.6 Å². The molecule has 0 radical (unpaired) electrons. The Hall–Kier alpha value is -2.26. The minimum absolute atomic E-state index is 0.123. The van der Waals surface area contributed by atoms with E-state index in [1.807, 2.05) is 13.8 Å². The summed E-state index contributed by atoms with van der Waals surface area (Å²) >= 11 is 6.10. The van der Waals surface area contributed by atoms with Crippen LogP contribution in [0.1, 0.15) is 25.7 Å². The van der Waals surface area contributed by atoms with Crippen LogP contribution in [0.4, 0.5) is 0 Å². The maximum absolute atomic E-state index is 13.1. The standard InChI is InChI=1S/C22H25ClN4O3S/c1-15-14-26(11-12-27(15)31(29,30)18-7-5-4-6-8-18)16(2)21-24-20-13-17(23)9-10-19(20)22(28)25(21)3/h4-10,13,15-16H,11-12,14H2,1-3H3. The molecule has 2 atom stereocenters. The largest absolute Gasteiger partial charge is 0.298 e. The Morgan fingerprint density at radius 1 is 1.13 bits per heavy atom. The quantitative estimate of drug-likeness (QED) is 0.598. The number of benzene rings is 2. The molecule has 1 aliphatic rings. The van der Waals surface area contributed by atoms with Crippen molar-refractivity contribution < 1.29 is 8.42 Å². The molecule has 31 heavy (non-hydrogen) atoms. The first-order valence-corrected chi connectivity index (χ1v) is 12.0. The Morgan fingerprint density at radius 2 is 1.84 bits per heavy atom. The first kappa shape index (κ1) is 22.0. The zero-order valence-corrected chi connectivity index (χ0v) is 19.3. The molecule has 1 aliphatic heterocycles. The van der Waals surface area contributed by atoms with Crippen LogP contribution in [0.3, 0.4) is 0 Å². The molecule has 1 fully saturated rings. The number of nitrogens with zero attached hydrogens (tertiary/aromatic N) is 4. The Kier molecular flexibility index (Phi) is 5.91. The molecule has 3 aromatic rings. The molecule has 4 rings (SSSR count). The fourth-order valence-corrected chi connectivity index (χ4v) is 6.00. The van der Waals surface area contributed by atoms with Crippen molar-refractivity contribution in [1.29, 1.82) is 0 Å². The third-order valence-electron chi connectivity index (χ3n) is 5.94. The smallest absolute Gasteiger partial charge is 0.261 e. The van der Waals surface area contributed by atoms with Crippen molar-refractivity contribution in [3.8, 4) is 0 Å². The van der Waals surface area contributed by atoms with Gasteiger partial charge in [-0.3, -0.25) is 14.3 Å². The van der Waals surface area contributed by atoms with Gasteiger partial charge >= 0.3 is 0 Å². The van der Waals surface area contributed by atoms with Crippen LogP contribution in [-0.4, -0.2) is 52.9 Å². The van der Waals surface area contributed by atoms with Gasteiger partial charge in [-0.1, -0.05) is 29.8 Å². The minimum Gasteiger partial charge on any atom is -0.298 e. The lowest BCUT2D eigenvalue weighted by Gasteiger charge is -2.41. The average molecular weight is 461 g/mol. The van der Waals surface area contributed by atoms with Crippen LogP contribution in [0.15, 0.2) is 58.2 Å². The summed E-state index contributed by atoms with van der Waals surface area (Å²) in [5.41, 5.74) is 0.442. The molecule has 0 amide bonds. The number of halogens is 1. The van der Waals surface area contributed by atoms with Crippen molar-refractivity contribution in [2.45, 2.75) is 30.8 Å². The summed E-state index contributed by atoms with van der Waals surface area (Å²) in [5, 5.41) is 1.05. The summed E-state index contributed by atoms with van der Waals surface area (Å²) in [6.45, 7) is 5.35. The summed E-state index contributed by atoms with van der Waals surface area (Å²) in [7, 11) is -1.84. The Morgan fingerprint density at radius 3 is 2.52 bits per heavy atom. The highest BCUT2D eigenvalue weighted by atomic mass is 35.5. The Bertz CT molecular complexity index is 1280. The molecule has 2 aromatic carbocycles. The molecule has 7 nitrogen and oxygen atoms in total. The van der Waals surface area contributed by atoms with Crippen LogP contribution in [-0.2, 0) is 17.1 Å². The van der Waals surface area contributed by atoms with Crippen LogP contribution in [0.5, 0.6) is 0 Å². The molecule has 1 saturated heterocycles. The molecule has 1 aromatic heterocycles. The van der Waals surface area contributed by atoms with Crippen LogP contribution in [0.25, 0.3) is 10.9 Å². The van der Waals surface area contributed by atoms with Crippen LogP contribution >= 0.6 is 11.6 Å². The van der Waals surface area contributed by atoms with E-state index in [1.165, 1.54) is 0 Å². The number of sulfonamides is 1. The van der Waals surface area contributed by atoms with Gasteiger partial charge in [0, 0.05) is 37.7 Å². The van der Waals surface area contributed by atoms with Gasteiger partial charge in [-0.25, -0.2) is 13.4 Å². The Labute approximate surface area is 186 Å². The first-order valence-electron chi connectivity index (χ1n) is 10.2.